The molecule has 0 saturated carbocycles. The van der Waals surface area contributed by atoms with Crippen molar-refractivity contribution in [2.45, 2.75) is 33.3 Å². The third-order valence-electron chi connectivity index (χ3n) is 3.73. The molecule has 0 saturated heterocycles. The summed E-state index contributed by atoms with van der Waals surface area (Å²) in [6.45, 7) is 7.22. The van der Waals surface area contributed by atoms with E-state index in [9.17, 15) is 9.59 Å². The van der Waals surface area contributed by atoms with E-state index in [0.29, 0.717) is 21.1 Å². The number of carbonyl (C=O) groups excluding carboxylic acids is 2. The Morgan fingerprint density at radius 2 is 1.82 bits per heavy atom. The molecule has 0 aliphatic rings. The van der Waals surface area contributed by atoms with Crippen molar-refractivity contribution in [3.63, 3.8) is 0 Å². The van der Waals surface area contributed by atoms with Gasteiger partial charge in [-0.15, -0.1) is 22.7 Å². The number of hydrogen-bond acceptors (Lipinski definition) is 6. The molecule has 1 amide bonds. The quantitative estimate of drug-likeness (QED) is 0.456. The number of esters is 1. The zero-order valence-electron chi connectivity index (χ0n) is 15.8. The van der Waals surface area contributed by atoms with E-state index >= 15 is 0 Å². The highest BCUT2D eigenvalue weighted by molar-refractivity contribution is 9.10. The smallest absolute Gasteiger partial charge is 0.342 e. The van der Waals surface area contributed by atoms with Gasteiger partial charge in [-0.1, -0.05) is 28.1 Å². The molecule has 146 valence electrons. The number of carbonyl (C=O) groups is 2. The monoisotopic (exact) mass is 478 g/mol. The van der Waals surface area contributed by atoms with Crippen LogP contribution in [0.2, 0.25) is 0 Å². The van der Waals surface area contributed by atoms with Gasteiger partial charge in [-0.2, -0.15) is 0 Å². The van der Waals surface area contributed by atoms with Crippen molar-refractivity contribution >= 4 is 55.5 Å². The number of hydrogen-bond donors (Lipinski definition) is 1. The van der Waals surface area contributed by atoms with Gasteiger partial charge in [-0.25, -0.2) is 9.78 Å². The molecule has 0 bridgehead atoms. The Balaban J connectivity index is 2.02. The molecule has 1 aromatic carbocycles. The van der Waals surface area contributed by atoms with Gasteiger partial charge in [0, 0.05) is 15.4 Å². The second-order valence-corrected chi connectivity index (χ2v) is 9.73. The standard InChI is InChI=1S/C20H19BrN2O3S2/c1-11-16(28-10-22-11)17(24)23-18-15(19(25)26-20(2,3)4)14(9-27-18)12-5-7-13(21)8-6-12/h5-10H,1-4H3,(H,23,24). The summed E-state index contributed by atoms with van der Waals surface area (Å²) in [6.07, 6.45) is 0. The van der Waals surface area contributed by atoms with Gasteiger partial charge < -0.3 is 10.1 Å². The Bertz CT molecular complexity index is 1020. The van der Waals surface area contributed by atoms with Crippen molar-refractivity contribution < 1.29 is 14.3 Å². The molecule has 2 aromatic heterocycles. The topological polar surface area (TPSA) is 68.3 Å². The Morgan fingerprint density at radius 3 is 2.39 bits per heavy atom. The number of aryl methyl sites for hydroxylation is 1. The van der Waals surface area contributed by atoms with Crippen molar-refractivity contribution in [3.05, 3.63) is 55.8 Å². The first kappa shape index (κ1) is 20.7. The molecule has 0 spiro atoms. The summed E-state index contributed by atoms with van der Waals surface area (Å²) in [5, 5.41) is 5.18. The van der Waals surface area contributed by atoms with Crippen molar-refractivity contribution in [1.29, 1.82) is 0 Å². The highest BCUT2D eigenvalue weighted by Crippen LogP contribution is 2.37. The number of rotatable bonds is 4. The first-order valence-corrected chi connectivity index (χ1v) is 11.0. The van der Waals surface area contributed by atoms with Gasteiger partial charge in [-0.3, -0.25) is 4.79 Å². The molecule has 28 heavy (non-hydrogen) atoms. The number of thiophene rings is 1. The molecule has 0 aliphatic carbocycles. The first-order chi connectivity index (χ1) is 13.2. The number of thiazole rings is 1. The summed E-state index contributed by atoms with van der Waals surface area (Å²) in [5.41, 5.74) is 3.59. The number of ether oxygens (including phenoxy) is 1. The molecule has 5 nitrogen and oxygen atoms in total. The minimum Gasteiger partial charge on any atom is -0.456 e. The average Bonchev–Trinajstić information content (AvgIpc) is 3.20. The predicted molar refractivity (Wildman–Crippen MR) is 117 cm³/mol. The molecule has 0 atom stereocenters. The summed E-state index contributed by atoms with van der Waals surface area (Å²) in [6, 6.07) is 7.65. The van der Waals surface area contributed by atoms with Gasteiger partial charge in [0.15, 0.2) is 0 Å². The number of benzene rings is 1. The maximum absolute atomic E-state index is 13.0. The van der Waals surface area contributed by atoms with E-state index in [-0.39, 0.29) is 5.91 Å². The highest BCUT2D eigenvalue weighted by atomic mass is 79.9. The second kappa shape index (κ2) is 8.14. The Labute approximate surface area is 179 Å². The molecular formula is C20H19BrN2O3S2. The summed E-state index contributed by atoms with van der Waals surface area (Å²) in [4.78, 5) is 30.2. The fraction of sp³-hybridized carbons (Fsp3) is 0.250. The lowest BCUT2D eigenvalue weighted by Gasteiger charge is -2.20. The van der Waals surface area contributed by atoms with E-state index in [1.165, 1.54) is 22.7 Å². The minimum absolute atomic E-state index is 0.283. The number of nitrogens with zero attached hydrogens (tertiary/aromatic N) is 1. The van der Waals surface area contributed by atoms with Crippen LogP contribution in [-0.2, 0) is 4.74 Å². The SMILES string of the molecule is Cc1ncsc1C(=O)Nc1scc(-c2ccc(Br)cc2)c1C(=O)OC(C)(C)C. The Hall–Kier alpha value is -2.03. The van der Waals surface area contributed by atoms with Gasteiger partial charge in [0.05, 0.1) is 11.2 Å². The zero-order chi connectivity index (χ0) is 20.5. The molecule has 0 fully saturated rings. The molecule has 3 rings (SSSR count). The molecular weight excluding hydrogens is 460 g/mol. The third kappa shape index (κ3) is 4.68. The molecule has 3 aromatic rings. The summed E-state index contributed by atoms with van der Waals surface area (Å²) in [5.74, 6) is -0.753. The predicted octanol–water partition coefficient (Wildman–Crippen LogP) is 6.15. The van der Waals surface area contributed by atoms with Gasteiger partial charge in [0.1, 0.15) is 21.0 Å². The lowest BCUT2D eigenvalue weighted by Crippen LogP contribution is -2.25. The van der Waals surface area contributed by atoms with Gasteiger partial charge in [0.25, 0.3) is 5.91 Å². The van der Waals surface area contributed by atoms with E-state index in [1.807, 2.05) is 50.4 Å². The summed E-state index contributed by atoms with van der Waals surface area (Å²) in [7, 11) is 0. The maximum Gasteiger partial charge on any atom is 0.342 e. The van der Waals surface area contributed by atoms with Crippen LogP contribution in [-0.4, -0.2) is 22.5 Å². The van der Waals surface area contributed by atoms with Crippen molar-refractivity contribution in [2.24, 2.45) is 0 Å². The van der Waals surface area contributed by atoms with Gasteiger partial charge in [-0.05, 0) is 45.4 Å². The van der Waals surface area contributed by atoms with Crippen LogP contribution in [0.1, 0.15) is 46.5 Å². The van der Waals surface area contributed by atoms with Crippen molar-refractivity contribution in [1.82, 2.24) is 4.98 Å². The van der Waals surface area contributed by atoms with E-state index in [1.54, 1.807) is 12.4 Å². The van der Waals surface area contributed by atoms with Crippen LogP contribution in [0.25, 0.3) is 11.1 Å². The lowest BCUT2D eigenvalue weighted by molar-refractivity contribution is 0.00722. The Kier molecular flexibility index (Phi) is 6.02. The second-order valence-electron chi connectivity index (χ2n) is 7.08. The van der Waals surface area contributed by atoms with Crippen molar-refractivity contribution in [3.8, 4) is 11.1 Å². The highest BCUT2D eigenvalue weighted by Gasteiger charge is 2.27. The molecule has 8 heteroatoms. The molecule has 2 heterocycles. The van der Waals surface area contributed by atoms with E-state index < -0.39 is 11.6 Å². The number of nitrogens with one attached hydrogen (secondary N) is 1. The maximum atomic E-state index is 13.0. The number of amides is 1. The molecule has 0 radical (unpaired) electrons. The van der Waals surface area contributed by atoms with E-state index in [4.69, 9.17) is 4.74 Å². The Morgan fingerprint density at radius 1 is 1.14 bits per heavy atom. The molecule has 1 N–H and O–H groups in total. The van der Waals surface area contributed by atoms with Crippen LogP contribution >= 0.6 is 38.6 Å². The first-order valence-electron chi connectivity index (χ1n) is 8.48. The fourth-order valence-corrected chi connectivity index (χ4v) is 4.42. The number of aromatic nitrogens is 1. The minimum atomic E-state index is -0.647. The molecule has 0 aliphatic heterocycles. The third-order valence-corrected chi connectivity index (χ3v) is 6.08. The molecule has 0 unspecified atom stereocenters. The van der Waals surface area contributed by atoms with Gasteiger partial charge in [0.2, 0.25) is 0 Å². The summed E-state index contributed by atoms with van der Waals surface area (Å²) < 4.78 is 6.55. The van der Waals surface area contributed by atoms with Crippen LogP contribution in [0.4, 0.5) is 5.00 Å². The van der Waals surface area contributed by atoms with Crippen LogP contribution in [0.15, 0.2) is 39.6 Å². The lowest BCUT2D eigenvalue weighted by atomic mass is 10.0. The van der Waals surface area contributed by atoms with E-state index in [0.717, 1.165) is 15.6 Å². The van der Waals surface area contributed by atoms with Crippen molar-refractivity contribution in [2.75, 3.05) is 5.32 Å². The normalized spacial score (nSPS) is 11.3. The van der Waals surface area contributed by atoms with Crippen LogP contribution < -0.4 is 5.32 Å². The zero-order valence-corrected chi connectivity index (χ0v) is 19.0. The van der Waals surface area contributed by atoms with Crippen LogP contribution in [0.5, 0.6) is 0 Å². The van der Waals surface area contributed by atoms with Crippen LogP contribution in [0.3, 0.4) is 0 Å². The largest absolute Gasteiger partial charge is 0.456 e. The van der Waals surface area contributed by atoms with E-state index in [2.05, 4.69) is 26.2 Å². The number of anilines is 1. The fourth-order valence-electron chi connectivity index (χ4n) is 2.50. The van der Waals surface area contributed by atoms with Crippen LogP contribution in [0, 0.1) is 6.92 Å². The van der Waals surface area contributed by atoms with Gasteiger partial charge >= 0.3 is 5.97 Å². The number of halogens is 1. The average molecular weight is 479 g/mol. The summed E-state index contributed by atoms with van der Waals surface area (Å²) >= 11 is 5.99.